The van der Waals surface area contributed by atoms with Gasteiger partial charge in [-0.05, 0) is 24.6 Å². The van der Waals surface area contributed by atoms with Gasteiger partial charge in [0.05, 0.1) is 0 Å². The second kappa shape index (κ2) is 4.28. The topological polar surface area (TPSA) is 87.9 Å². The molecule has 0 radical (unpaired) electrons. The van der Waals surface area contributed by atoms with Crippen molar-refractivity contribution in [3.05, 3.63) is 33.9 Å². The molecule has 0 amide bonds. The van der Waals surface area contributed by atoms with Gasteiger partial charge in [-0.3, -0.25) is 14.9 Å². The molecule has 2 atom stereocenters. The first kappa shape index (κ1) is 11.2. The molecule has 17 heavy (non-hydrogen) atoms. The molecule has 0 spiro atoms. The fourth-order valence-electron chi connectivity index (χ4n) is 1.46. The monoisotopic (exact) mass is 239 g/mol. The lowest BCUT2D eigenvalue weighted by atomic mass is 10.1. The summed E-state index contributed by atoms with van der Waals surface area (Å²) in [7, 11) is 0. The summed E-state index contributed by atoms with van der Waals surface area (Å²) in [5.41, 5.74) is 0.670. The fraction of sp³-hybridized carbons (Fsp3) is 0.300. The van der Waals surface area contributed by atoms with Crippen molar-refractivity contribution >= 4 is 6.47 Å². The van der Waals surface area contributed by atoms with Crippen LogP contribution in [-0.4, -0.2) is 17.8 Å². The van der Waals surface area contributed by atoms with Gasteiger partial charge < -0.3 is 14.2 Å². The quantitative estimate of drug-likeness (QED) is 0.446. The first-order valence-corrected chi connectivity index (χ1v) is 4.81. The number of hydrogen-bond donors (Lipinski definition) is 0. The Morgan fingerprint density at radius 2 is 2.18 bits per heavy atom. The molecule has 0 bridgehead atoms. The standard InChI is InChI=1S/C10H9NO6/c1-6(15-5-12)7-2-3-8-9(4-7)17-10(16-8)11(13)14/h2-6,10H,1H3. The van der Waals surface area contributed by atoms with Crippen LogP contribution in [0.1, 0.15) is 18.6 Å². The summed E-state index contributed by atoms with van der Waals surface area (Å²) >= 11 is 0. The van der Waals surface area contributed by atoms with E-state index in [1.165, 1.54) is 0 Å². The zero-order valence-corrected chi connectivity index (χ0v) is 8.86. The van der Waals surface area contributed by atoms with E-state index in [4.69, 9.17) is 14.2 Å². The molecule has 1 aromatic rings. The van der Waals surface area contributed by atoms with Gasteiger partial charge in [0, 0.05) is 0 Å². The maximum absolute atomic E-state index is 10.5. The van der Waals surface area contributed by atoms with Crippen molar-refractivity contribution in [2.45, 2.75) is 19.4 Å². The molecule has 90 valence electrons. The van der Waals surface area contributed by atoms with Crippen LogP contribution >= 0.6 is 0 Å². The van der Waals surface area contributed by atoms with Crippen molar-refractivity contribution in [3.8, 4) is 11.5 Å². The van der Waals surface area contributed by atoms with E-state index in [1.54, 1.807) is 25.1 Å². The first-order chi connectivity index (χ1) is 8.11. The molecule has 2 rings (SSSR count). The molecule has 2 unspecified atom stereocenters. The molecular weight excluding hydrogens is 230 g/mol. The van der Waals surface area contributed by atoms with Crippen molar-refractivity contribution < 1.29 is 23.9 Å². The Balaban J connectivity index is 2.20. The van der Waals surface area contributed by atoms with Crippen molar-refractivity contribution in [1.82, 2.24) is 0 Å². The summed E-state index contributed by atoms with van der Waals surface area (Å²) in [5, 5.41) is 10.5. The number of rotatable bonds is 4. The third-order valence-corrected chi connectivity index (χ3v) is 2.32. The molecular formula is C10H9NO6. The zero-order valence-electron chi connectivity index (χ0n) is 8.86. The lowest BCUT2D eigenvalue weighted by molar-refractivity contribution is -0.600. The van der Waals surface area contributed by atoms with Crippen LogP contribution in [0.2, 0.25) is 0 Å². The maximum Gasteiger partial charge on any atom is 0.517 e. The summed E-state index contributed by atoms with van der Waals surface area (Å²) in [6, 6.07) is 4.74. The van der Waals surface area contributed by atoms with Gasteiger partial charge >= 0.3 is 6.41 Å². The minimum Gasteiger partial charge on any atom is -0.460 e. The van der Waals surface area contributed by atoms with Gasteiger partial charge in [0.15, 0.2) is 11.5 Å². The molecule has 1 heterocycles. The highest BCUT2D eigenvalue weighted by Crippen LogP contribution is 2.37. The van der Waals surface area contributed by atoms with Crippen LogP contribution in [0.5, 0.6) is 11.5 Å². The third-order valence-electron chi connectivity index (χ3n) is 2.32. The second-order valence-electron chi connectivity index (χ2n) is 3.41. The number of hydrogen-bond acceptors (Lipinski definition) is 6. The lowest BCUT2D eigenvalue weighted by Gasteiger charge is -2.09. The summed E-state index contributed by atoms with van der Waals surface area (Å²) in [6.07, 6.45) is -1.96. The van der Waals surface area contributed by atoms with E-state index in [9.17, 15) is 14.9 Å². The largest absolute Gasteiger partial charge is 0.517 e. The molecule has 7 heteroatoms. The average Bonchev–Trinajstić information content (AvgIpc) is 2.71. The number of fused-ring (bicyclic) bond motifs is 1. The Hall–Kier alpha value is -2.31. The molecule has 0 N–H and O–H groups in total. The number of carbonyl (C=O) groups is 1. The number of ether oxygens (including phenoxy) is 3. The number of carbonyl (C=O) groups excluding carboxylic acids is 1. The Bertz CT molecular complexity index is 460. The predicted octanol–water partition coefficient (Wildman–Crippen LogP) is 1.25. The van der Waals surface area contributed by atoms with Crippen LogP contribution < -0.4 is 9.47 Å². The summed E-state index contributed by atoms with van der Waals surface area (Å²) in [5.74, 6) is 0.569. The highest BCUT2D eigenvalue weighted by Gasteiger charge is 2.33. The van der Waals surface area contributed by atoms with Crippen LogP contribution in [0.4, 0.5) is 0 Å². The Morgan fingerprint density at radius 1 is 1.47 bits per heavy atom. The number of nitrogens with zero attached hydrogens (tertiary/aromatic N) is 1. The van der Waals surface area contributed by atoms with Crippen molar-refractivity contribution in [1.29, 1.82) is 0 Å². The van der Waals surface area contributed by atoms with Gasteiger partial charge in [-0.25, -0.2) is 0 Å². The SMILES string of the molecule is CC(OC=O)c1ccc2c(c1)OC([N+](=O)[O-])O2. The van der Waals surface area contributed by atoms with Crippen LogP contribution in [0.3, 0.4) is 0 Å². The molecule has 0 aromatic heterocycles. The van der Waals surface area contributed by atoms with Crippen molar-refractivity contribution in [3.63, 3.8) is 0 Å². The smallest absolute Gasteiger partial charge is 0.460 e. The highest BCUT2D eigenvalue weighted by atomic mass is 16.8. The summed E-state index contributed by atoms with van der Waals surface area (Å²) < 4.78 is 14.7. The van der Waals surface area contributed by atoms with Crippen LogP contribution in [0.25, 0.3) is 0 Å². The number of benzene rings is 1. The molecule has 1 aromatic carbocycles. The van der Waals surface area contributed by atoms with E-state index in [1.807, 2.05) is 0 Å². The Morgan fingerprint density at radius 3 is 2.82 bits per heavy atom. The zero-order chi connectivity index (χ0) is 12.4. The van der Waals surface area contributed by atoms with Crippen LogP contribution in [-0.2, 0) is 9.53 Å². The first-order valence-electron chi connectivity index (χ1n) is 4.81. The van der Waals surface area contributed by atoms with Crippen molar-refractivity contribution in [2.24, 2.45) is 0 Å². The van der Waals surface area contributed by atoms with E-state index >= 15 is 0 Å². The number of nitro groups is 1. The van der Waals surface area contributed by atoms with E-state index in [2.05, 4.69) is 0 Å². The normalized spacial score (nSPS) is 18.5. The Labute approximate surface area is 96.0 Å². The lowest BCUT2D eigenvalue weighted by Crippen LogP contribution is -2.27. The average molecular weight is 239 g/mol. The molecule has 0 saturated heterocycles. The van der Waals surface area contributed by atoms with Gasteiger partial charge in [-0.2, -0.15) is 0 Å². The van der Waals surface area contributed by atoms with Crippen molar-refractivity contribution in [2.75, 3.05) is 0 Å². The van der Waals surface area contributed by atoms with Gasteiger partial charge in [0.1, 0.15) is 11.0 Å². The van der Waals surface area contributed by atoms with Crippen LogP contribution in [0.15, 0.2) is 18.2 Å². The van der Waals surface area contributed by atoms with Gasteiger partial charge in [-0.15, -0.1) is 0 Å². The third kappa shape index (κ3) is 2.12. The van der Waals surface area contributed by atoms with E-state index in [0.29, 0.717) is 17.8 Å². The fourth-order valence-corrected chi connectivity index (χ4v) is 1.46. The molecule has 0 saturated carbocycles. The summed E-state index contributed by atoms with van der Waals surface area (Å²) in [4.78, 5) is 20.0. The second-order valence-corrected chi connectivity index (χ2v) is 3.41. The van der Waals surface area contributed by atoms with E-state index < -0.39 is 17.4 Å². The Kier molecular flexibility index (Phi) is 2.82. The minimum atomic E-state index is -1.51. The highest BCUT2D eigenvalue weighted by molar-refractivity contribution is 5.46. The van der Waals surface area contributed by atoms with Gasteiger partial charge in [0.2, 0.25) is 0 Å². The maximum atomic E-state index is 10.5. The molecule has 1 aliphatic heterocycles. The molecule has 0 fully saturated rings. The minimum absolute atomic E-state index is 0.269. The molecule has 0 aliphatic carbocycles. The predicted molar refractivity (Wildman–Crippen MR) is 54.0 cm³/mol. The van der Waals surface area contributed by atoms with Gasteiger partial charge in [0.25, 0.3) is 6.47 Å². The molecule has 1 aliphatic rings. The van der Waals surface area contributed by atoms with Gasteiger partial charge in [-0.1, -0.05) is 6.07 Å². The van der Waals surface area contributed by atoms with E-state index in [-0.39, 0.29) is 5.75 Å². The van der Waals surface area contributed by atoms with E-state index in [0.717, 1.165) is 0 Å². The van der Waals surface area contributed by atoms with Crippen LogP contribution in [0, 0.1) is 10.1 Å². The summed E-state index contributed by atoms with van der Waals surface area (Å²) in [6.45, 7) is 2.02. The molecule has 7 nitrogen and oxygen atoms in total.